The molecule has 1 aliphatic rings. The molecule has 2 aromatic rings. The van der Waals surface area contributed by atoms with Gasteiger partial charge in [-0.15, -0.1) is 0 Å². The van der Waals surface area contributed by atoms with Gasteiger partial charge in [0.2, 0.25) is 0 Å². The number of para-hydroxylation sites is 1. The maximum Gasteiger partial charge on any atom is 0.252 e. The van der Waals surface area contributed by atoms with Gasteiger partial charge in [0.25, 0.3) is 5.91 Å². The first-order chi connectivity index (χ1) is 10.2. The van der Waals surface area contributed by atoms with Crippen molar-refractivity contribution in [2.45, 2.75) is 25.4 Å². The molecule has 1 aliphatic carbocycles. The Bertz CT molecular complexity index is 667. The van der Waals surface area contributed by atoms with Gasteiger partial charge in [0.1, 0.15) is 5.82 Å². The quantitative estimate of drug-likeness (QED) is 0.821. The van der Waals surface area contributed by atoms with Crippen molar-refractivity contribution >= 4 is 17.4 Å². The molecule has 5 nitrogen and oxygen atoms in total. The molecule has 0 radical (unpaired) electrons. The van der Waals surface area contributed by atoms with Crippen molar-refractivity contribution in [2.24, 2.45) is 5.73 Å². The Morgan fingerprint density at radius 2 is 2.00 bits per heavy atom. The van der Waals surface area contributed by atoms with Crippen molar-refractivity contribution in [3.63, 3.8) is 0 Å². The highest BCUT2D eigenvalue weighted by atomic mass is 16.1. The third-order valence-corrected chi connectivity index (χ3v) is 3.71. The molecule has 0 aliphatic heterocycles. The number of nitrogens with zero attached hydrogens (tertiary/aromatic N) is 2. The number of aromatic nitrogens is 1. The van der Waals surface area contributed by atoms with E-state index in [1.54, 1.807) is 18.3 Å². The zero-order chi connectivity index (χ0) is 14.8. The molecule has 0 saturated heterocycles. The zero-order valence-corrected chi connectivity index (χ0v) is 11.7. The monoisotopic (exact) mass is 282 g/mol. The molecular formula is C16H18N4O. The minimum atomic E-state index is -0.454. The van der Waals surface area contributed by atoms with E-state index in [0.717, 1.165) is 24.1 Å². The van der Waals surface area contributed by atoms with Crippen molar-refractivity contribution in [1.29, 1.82) is 0 Å². The second-order valence-corrected chi connectivity index (χ2v) is 5.30. The Morgan fingerprint density at radius 1 is 1.24 bits per heavy atom. The molecule has 0 spiro atoms. The number of rotatable bonds is 5. The highest BCUT2D eigenvalue weighted by Crippen LogP contribution is 2.34. The number of carbonyl (C=O) groups is 1. The van der Waals surface area contributed by atoms with Crippen LogP contribution < -0.4 is 16.4 Å². The highest BCUT2D eigenvalue weighted by molar-refractivity contribution is 5.97. The van der Waals surface area contributed by atoms with Crippen LogP contribution in [0, 0.1) is 0 Å². The van der Waals surface area contributed by atoms with Crippen LogP contribution in [0.1, 0.15) is 28.8 Å². The number of hydrogen-bond acceptors (Lipinski definition) is 4. The lowest BCUT2D eigenvalue weighted by Gasteiger charge is -2.25. The minimum Gasteiger partial charge on any atom is -0.398 e. The van der Waals surface area contributed by atoms with Crippen molar-refractivity contribution < 1.29 is 4.79 Å². The second kappa shape index (κ2) is 5.44. The minimum absolute atomic E-state index is 0.401. The zero-order valence-electron chi connectivity index (χ0n) is 11.7. The number of nitrogen functional groups attached to an aromatic ring is 1. The lowest BCUT2D eigenvalue weighted by molar-refractivity contribution is 0.100. The first-order valence-electron chi connectivity index (χ1n) is 7.01. The number of amides is 1. The Labute approximate surface area is 123 Å². The van der Waals surface area contributed by atoms with Crippen molar-refractivity contribution in [1.82, 2.24) is 4.98 Å². The second-order valence-electron chi connectivity index (χ2n) is 5.30. The molecule has 1 fully saturated rings. The van der Waals surface area contributed by atoms with Gasteiger partial charge in [-0.25, -0.2) is 4.98 Å². The molecule has 0 bridgehead atoms. The molecule has 1 heterocycles. The van der Waals surface area contributed by atoms with Crippen LogP contribution >= 0.6 is 0 Å². The van der Waals surface area contributed by atoms with Gasteiger partial charge >= 0.3 is 0 Å². The molecule has 108 valence electrons. The summed E-state index contributed by atoms with van der Waals surface area (Å²) in [7, 11) is 0. The summed E-state index contributed by atoms with van der Waals surface area (Å²) in [5.41, 5.74) is 13.7. The van der Waals surface area contributed by atoms with Gasteiger partial charge in [-0.1, -0.05) is 18.2 Å². The van der Waals surface area contributed by atoms with Crippen LogP contribution in [0.25, 0.3) is 0 Å². The molecule has 0 unspecified atom stereocenters. The summed E-state index contributed by atoms with van der Waals surface area (Å²) < 4.78 is 0. The fourth-order valence-electron chi connectivity index (χ4n) is 2.44. The molecule has 3 rings (SSSR count). The summed E-state index contributed by atoms with van der Waals surface area (Å²) in [6.07, 6.45) is 3.88. The van der Waals surface area contributed by atoms with Crippen LogP contribution in [-0.2, 0) is 6.54 Å². The van der Waals surface area contributed by atoms with E-state index in [4.69, 9.17) is 11.5 Å². The van der Waals surface area contributed by atoms with Gasteiger partial charge in [-0.05, 0) is 36.6 Å². The molecular weight excluding hydrogens is 264 g/mol. The Hall–Kier alpha value is -2.56. The Balaban J connectivity index is 1.96. The van der Waals surface area contributed by atoms with Crippen LogP contribution in [0.2, 0.25) is 0 Å². The molecule has 0 atom stereocenters. The molecule has 21 heavy (non-hydrogen) atoms. The third kappa shape index (κ3) is 2.81. The molecule has 1 aromatic carbocycles. The van der Waals surface area contributed by atoms with Gasteiger partial charge in [0.15, 0.2) is 0 Å². The predicted molar refractivity (Wildman–Crippen MR) is 82.8 cm³/mol. The maximum atomic E-state index is 11.6. The summed E-state index contributed by atoms with van der Waals surface area (Å²) >= 11 is 0. The van der Waals surface area contributed by atoms with Crippen LogP contribution in [-0.4, -0.2) is 16.9 Å². The number of benzene rings is 1. The lowest BCUT2D eigenvalue weighted by Crippen LogP contribution is -2.29. The standard InChI is InChI=1S/C16H18N4O/c17-14-6-2-1-4-11(14)10-20(12-7-8-12)16-13(15(18)21)5-3-9-19-16/h1-6,9,12H,7-8,10,17H2,(H2,18,21). The van der Waals surface area contributed by atoms with Gasteiger partial charge in [-0.3, -0.25) is 4.79 Å². The first kappa shape index (κ1) is 13.4. The number of carbonyl (C=O) groups excluding carboxylic acids is 1. The summed E-state index contributed by atoms with van der Waals surface area (Å²) in [4.78, 5) is 18.1. The lowest BCUT2D eigenvalue weighted by atomic mass is 10.1. The van der Waals surface area contributed by atoms with Gasteiger partial charge in [-0.2, -0.15) is 0 Å². The number of nitrogens with two attached hydrogens (primary N) is 2. The fraction of sp³-hybridized carbons (Fsp3) is 0.250. The Kier molecular flexibility index (Phi) is 3.48. The van der Waals surface area contributed by atoms with Gasteiger partial charge in [0, 0.05) is 24.5 Å². The highest BCUT2D eigenvalue weighted by Gasteiger charge is 2.32. The SMILES string of the molecule is NC(=O)c1cccnc1N(Cc1ccccc1N)C1CC1. The average Bonchev–Trinajstić information content (AvgIpc) is 3.31. The van der Waals surface area contributed by atoms with E-state index >= 15 is 0 Å². The molecule has 1 saturated carbocycles. The predicted octanol–water partition coefficient (Wildman–Crippen LogP) is 1.93. The van der Waals surface area contributed by atoms with Crippen molar-refractivity contribution in [3.05, 3.63) is 53.7 Å². The average molecular weight is 282 g/mol. The van der Waals surface area contributed by atoms with E-state index in [0.29, 0.717) is 24.0 Å². The summed E-state index contributed by atoms with van der Waals surface area (Å²) in [6, 6.07) is 11.6. The molecule has 4 N–H and O–H groups in total. The topological polar surface area (TPSA) is 85.2 Å². The smallest absolute Gasteiger partial charge is 0.252 e. The number of primary amides is 1. The number of hydrogen-bond donors (Lipinski definition) is 2. The first-order valence-corrected chi connectivity index (χ1v) is 7.01. The van der Waals surface area contributed by atoms with Crippen LogP contribution in [0.4, 0.5) is 11.5 Å². The largest absolute Gasteiger partial charge is 0.398 e. The summed E-state index contributed by atoms with van der Waals surface area (Å²) in [5, 5.41) is 0. The molecule has 1 aromatic heterocycles. The molecule has 5 heteroatoms. The van der Waals surface area contributed by atoms with E-state index < -0.39 is 5.91 Å². The number of pyridine rings is 1. The van der Waals surface area contributed by atoms with Crippen molar-refractivity contribution in [2.75, 3.05) is 10.6 Å². The fourth-order valence-corrected chi connectivity index (χ4v) is 2.44. The molecule has 1 amide bonds. The van der Waals surface area contributed by atoms with E-state index in [-0.39, 0.29) is 0 Å². The van der Waals surface area contributed by atoms with E-state index in [1.165, 1.54) is 0 Å². The van der Waals surface area contributed by atoms with E-state index in [1.807, 2.05) is 24.3 Å². The van der Waals surface area contributed by atoms with E-state index in [9.17, 15) is 4.79 Å². The number of anilines is 2. The summed E-state index contributed by atoms with van der Waals surface area (Å²) in [6.45, 7) is 0.634. The van der Waals surface area contributed by atoms with E-state index in [2.05, 4.69) is 9.88 Å². The van der Waals surface area contributed by atoms with Gasteiger partial charge in [0.05, 0.1) is 5.56 Å². The van der Waals surface area contributed by atoms with Crippen LogP contribution in [0.3, 0.4) is 0 Å². The van der Waals surface area contributed by atoms with Crippen LogP contribution in [0.5, 0.6) is 0 Å². The van der Waals surface area contributed by atoms with Crippen LogP contribution in [0.15, 0.2) is 42.6 Å². The Morgan fingerprint density at radius 3 is 2.67 bits per heavy atom. The maximum absolute atomic E-state index is 11.6. The van der Waals surface area contributed by atoms with Crippen molar-refractivity contribution in [3.8, 4) is 0 Å². The third-order valence-electron chi connectivity index (χ3n) is 3.71. The van der Waals surface area contributed by atoms with Gasteiger partial charge < -0.3 is 16.4 Å². The summed E-state index contributed by atoms with van der Waals surface area (Å²) in [5.74, 6) is 0.195. The normalized spacial score (nSPS) is 13.9.